The summed E-state index contributed by atoms with van der Waals surface area (Å²) in [6, 6.07) is 35.1. The summed E-state index contributed by atoms with van der Waals surface area (Å²) in [7, 11) is 0. The predicted molar refractivity (Wildman–Crippen MR) is 157 cm³/mol. The lowest BCUT2D eigenvalue weighted by atomic mass is 9.70. The molecule has 4 aromatic rings. The first kappa shape index (κ1) is 23.7. The van der Waals surface area contributed by atoms with E-state index in [0.717, 1.165) is 11.1 Å². The second kappa shape index (κ2) is 9.30. The van der Waals surface area contributed by atoms with Gasteiger partial charge in [-0.25, -0.2) is 0 Å². The monoisotopic (exact) mass is 488 g/mol. The molecular weight excluding hydrogens is 460 g/mol. The van der Waals surface area contributed by atoms with Crippen molar-refractivity contribution in [3.63, 3.8) is 0 Å². The van der Waals surface area contributed by atoms with Gasteiger partial charge in [0.15, 0.2) is 0 Å². The highest BCUT2D eigenvalue weighted by molar-refractivity contribution is 5.95. The van der Waals surface area contributed by atoms with Crippen molar-refractivity contribution in [1.82, 2.24) is 0 Å². The van der Waals surface area contributed by atoms with Crippen molar-refractivity contribution >= 4 is 5.57 Å². The van der Waals surface area contributed by atoms with Gasteiger partial charge in [-0.3, -0.25) is 0 Å². The predicted octanol–water partition coefficient (Wildman–Crippen LogP) is 7.95. The Balaban J connectivity index is 1.44. The zero-order chi connectivity index (χ0) is 26.3. The van der Waals surface area contributed by atoms with Gasteiger partial charge in [-0.1, -0.05) is 122 Å². The Morgan fingerprint density at radius 1 is 0.816 bits per heavy atom. The zero-order valence-electron chi connectivity index (χ0n) is 21.2. The molecular formula is C36H28N2. The van der Waals surface area contributed by atoms with Gasteiger partial charge >= 0.3 is 0 Å². The molecule has 0 heterocycles. The molecule has 2 aliphatic rings. The number of hydrogen-bond donors (Lipinski definition) is 1. The minimum Gasteiger partial charge on any atom is -0.324 e. The quantitative estimate of drug-likeness (QED) is 0.191. The van der Waals surface area contributed by atoms with Crippen LogP contribution in [0.5, 0.6) is 0 Å². The van der Waals surface area contributed by atoms with Gasteiger partial charge < -0.3 is 5.73 Å². The van der Waals surface area contributed by atoms with Crippen molar-refractivity contribution in [2.45, 2.75) is 17.9 Å². The van der Waals surface area contributed by atoms with Crippen molar-refractivity contribution in [3.05, 3.63) is 162 Å². The second-order valence-electron chi connectivity index (χ2n) is 9.91. The molecule has 0 saturated heterocycles. The summed E-state index contributed by atoms with van der Waals surface area (Å²) in [6.45, 7) is 8.00. The molecule has 182 valence electrons. The van der Waals surface area contributed by atoms with Crippen LogP contribution in [-0.4, -0.2) is 6.04 Å². The van der Waals surface area contributed by atoms with Crippen LogP contribution < -0.4 is 5.73 Å². The molecule has 0 bridgehead atoms. The van der Waals surface area contributed by atoms with E-state index < -0.39 is 0 Å². The minimum atomic E-state index is -0.326. The summed E-state index contributed by atoms with van der Waals surface area (Å²) in [4.78, 5) is 0. The molecule has 38 heavy (non-hydrogen) atoms. The Kier molecular flexibility index (Phi) is 5.80. The highest BCUT2D eigenvalue weighted by atomic mass is 14.6. The lowest BCUT2D eigenvalue weighted by Crippen LogP contribution is -2.25. The van der Waals surface area contributed by atoms with E-state index in [4.69, 9.17) is 11.0 Å². The maximum atomic E-state index is 9.07. The average molecular weight is 489 g/mol. The molecule has 6 rings (SSSR count). The van der Waals surface area contributed by atoms with E-state index in [1.165, 1.54) is 44.5 Å². The van der Waals surface area contributed by atoms with Crippen LogP contribution >= 0.6 is 0 Å². The Morgan fingerprint density at radius 2 is 1.34 bits per heavy atom. The Morgan fingerprint density at radius 3 is 1.89 bits per heavy atom. The van der Waals surface area contributed by atoms with Crippen LogP contribution in [-0.2, 0) is 5.41 Å². The number of fused-ring (bicyclic) bond motifs is 10. The topological polar surface area (TPSA) is 49.8 Å². The highest BCUT2D eigenvalue weighted by Gasteiger charge is 2.51. The third kappa shape index (κ3) is 3.44. The molecule has 0 aromatic heterocycles. The molecule has 2 N–H and O–H groups in total. The van der Waals surface area contributed by atoms with Gasteiger partial charge in [0.1, 0.15) is 0 Å². The van der Waals surface area contributed by atoms with E-state index in [2.05, 4.69) is 110 Å². The third-order valence-electron chi connectivity index (χ3n) is 7.87. The number of nitrogens with two attached hydrogens (primary N) is 1. The van der Waals surface area contributed by atoms with Gasteiger partial charge in [0, 0.05) is 11.6 Å². The lowest BCUT2D eigenvalue weighted by molar-refractivity contribution is 0.793. The van der Waals surface area contributed by atoms with E-state index in [-0.39, 0.29) is 11.5 Å². The minimum absolute atomic E-state index is 0.208. The summed E-state index contributed by atoms with van der Waals surface area (Å²) in [5.41, 5.74) is 18.9. The van der Waals surface area contributed by atoms with Crippen LogP contribution in [0.2, 0.25) is 0 Å². The second-order valence-corrected chi connectivity index (χ2v) is 9.91. The maximum Gasteiger partial charge on any atom is 0.0988 e. The molecule has 0 aliphatic heterocycles. The molecule has 4 aromatic carbocycles. The molecule has 2 nitrogen and oxygen atoms in total. The zero-order valence-corrected chi connectivity index (χ0v) is 21.2. The number of nitrogens with zero attached hydrogens (tertiary/aromatic N) is 1. The fourth-order valence-electron chi connectivity index (χ4n) is 6.15. The molecule has 0 radical (unpaired) electrons. The van der Waals surface area contributed by atoms with Crippen molar-refractivity contribution in [2.75, 3.05) is 0 Å². The van der Waals surface area contributed by atoms with Crippen LogP contribution in [0.3, 0.4) is 0 Å². The molecule has 0 amide bonds. The van der Waals surface area contributed by atoms with Crippen LogP contribution in [0.15, 0.2) is 134 Å². The van der Waals surface area contributed by atoms with E-state index >= 15 is 0 Å². The van der Waals surface area contributed by atoms with Gasteiger partial charge in [-0.15, -0.1) is 0 Å². The first-order chi connectivity index (χ1) is 18.6. The van der Waals surface area contributed by atoms with Crippen molar-refractivity contribution in [3.8, 4) is 28.3 Å². The van der Waals surface area contributed by atoms with E-state index in [1.54, 1.807) is 6.08 Å². The van der Waals surface area contributed by atoms with Crippen LogP contribution in [0.1, 0.15) is 34.2 Å². The van der Waals surface area contributed by atoms with Gasteiger partial charge in [0.2, 0.25) is 0 Å². The van der Waals surface area contributed by atoms with Gasteiger partial charge in [-0.05, 0) is 68.1 Å². The van der Waals surface area contributed by atoms with Crippen LogP contribution in [0.25, 0.3) is 27.8 Å². The Hall–Kier alpha value is -4.71. The van der Waals surface area contributed by atoms with Crippen LogP contribution in [0, 0.1) is 11.3 Å². The standard InChI is InChI=1S/C36H28N2/c1-3-25(23-37)17-20-27(38)19-16-24(2)26-18-21-35-31(22-26)30-12-6-9-15-34(30)36(35)32-13-7-4-10-28(32)29-11-5-8-14-33(29)36/h3-19,21-22,27H,1-2,20,38H2/b19-16-,25-17+. The third-order valence-corrected chi connectivity index (χ3v) is 7.87. The Bertz CT molecular complexity index is 1660. The van der Waals surface area contributed by atoms with E-state index in [1.807, 2.05) is 18.2 Å². The normalized spacial score (nSPS) is 14.9. The van der Waals surface area contributed by atoms with E-state index in [9.17, 15) is 0 Å². The first-order valence-electron chi connectivity index (χ1n) is 12.9. The molecule has 0 fully saturated rings. The van der Waals surface area contributed by atoms with Gasteiger partial charge in [0.05, 0.1) is 11.5 Å². The maximum absolute atomic E-state index is 9.07. The van der Waals surface area contributed by atoms with Gasteiger partial charge in [0.25, 0.3) is 0 Å². The van der Waals surface area contributed by atoms with E-state index in [0.29, 0.717) is 12.0 Å². The van der Waals surface area contributed by atoms with Crippen molar-refractivity contribution in [2.24, 2.45) is 5.73 Å². The van der Waals surface area contributed by atoms with Crippen molar-refractivity contribution in [1.29, 1.82) is 5.26 Å². The summed E-state index contributed by atoms with van der Waals surface area (Å²) in [5, 5.41) is 9.07. The smallest absolute Gasteiger partial charge is 0.0988 e. The lowest BCUT2D eigenvalue weighted by Gasteiger charge is -2.30. The van der Waals surface area contributed by atoms with Crippen LogP contribution in [0.4, 0.5) is 0 Å². The molecule has 2 aliphatic carbocycles. The summed E-state index contributed by atoms with van der Waals surface area (Å²) in [5.74, 6) is 0. The first-order valence-corrected chi connectivity index (χ1v) is 12.9. The fraction of sp³-hybridized carbons (Fsp3) is 0.0833. The number of hydrogen-bond acceptors (Lipinski definition) is 2. The SMILES string of the molecule is C=C/C(C#N)=C\CC(N)/C=C\C(=C)c1ccc2c(c1)-c1ccccc1C21c2ccccc2-c2ccccc21. The molecule has 1 atom stereocenters. The number of allylic oxidation sites excluding steroid dienone is 4. The molecule has 2 heteroatoms. The number of nitriles is 1. The van der Waals surface area contributed by atoms with Gasteiger partial charge in [-0.2, -0.15) is 5.26 Å². The highest BCUT2D eigenvalue weighted by Crippen LogP contribution is 2.62. The van der Waals surface area contributed by atoms with Crippen molar-refractivity contribution < 1.29 is 0 Å². The average Bonchev–Trinajstić information content (AvgIpc) is 3.43. The number of rotatable bonds is 6. The molecule has 0 saturated carbocycles. The number of benzene rings is 4. The molecule has 1 unspecified atom stereocenters. The molecule has 1 spiro atoms. The fourth-order valence-corrected chi connectivity index (χ4v) is 6.15. The largest absolute Gasteiger partial charge is 0.324 e. The summed E-state index contributed by atoms with van der Waals surface area (Å²) < 4.78 is 0. The Labute approximate surface area is 224 Å². The summed E-state index contributed by atoms with van der Waals surface area (Å²) >= 11 is 0. The summed E-state index contributed by atoms with van der Waals surface area (Å²) in [6.07, 6.45) is 7.86.